The molecule has 1 fully saturated rings. The Morgan fingerprint density at radius 3 is 2.50 bits per heavy atom. The van der Waals surface area contributed by atoms with Crippen LogP contribution in [0.2, 0.25) is 0 Å². The number of nitrogens with zero attached hydrogens (tertiary/aromatic N) is 1. The summed E-state index contributed by atoms with van der Waals surface area (Å²) in [6, 6.07) is 9.59. The lowest BCUT2D eigenvalue weighted by Crippen LogP contribution is -2.54. The van der Waals surface area contributed by atoms with E-state index >= 15 is 0 Å². The largest absolute Gasteiger partial charge is 0.391 e. The Kier molecular flexibility index (Phi) is 7.06. The number of aliphatic hydroxyl groups is 1. The van der Waals surface area contributed by atoms with E-state index in [1.807, 2.05) is 30.3 Å². The Morgan fingerprint density at radius 1 is 1.17 bits per heavy atom. The third-order valence-corrected chi connectivity index (χ3v) is 4.71. The van der Waals surface area contributed by atoms with Crippen molar-refractivity contribution in [2.75, 3.05) is 26.2 Å². The summed E-state index contributed by atoms with van der Waals surface area (Å²) in [6.07, 6.45) is 3.75. The molecule has 2 rings (SSSR count). The van der Waals surface area contributed by atoms with Crippen LogP contribution in [-0.2, 0) is 6.42 Å². The van der Waals surface area contributed by atoms with Crippen molar-refractivity contribution in [3.63, 3.8) is 0 Å². The molecule has 0 aromatic heterocycles. The molecule has 5 heteroatoms. The summed E-state index contributed by atoms with van der Waals surface area (Å²) in [4.78, 5) is 14.4. The molecule has 1 atom stereocenters. The van der Waals surface area contributed by atoms with Crippen LogP contribution in [0.5, 0.6) is 0 Å². The van der Waals surface area contributed by atoms with Crippen molar-refractivity contribution in [3.8, 4) is 0 Å². The molecule has 0 bridgehead atoms. The van der Waals surface area contributed by atoms with Crippen LogP contribution in [0.4, 0.5) is 4.79 Å². The van der Waals surface area contributed by atoms with Gasteiger partial charge in [0.2, 0.25) is 0 Å². The smallest absolute Gasteiger partial charge is 0.314 e. The zero-order valence-corrected chi connectivity index (χ0v) is 14.9. The van der Waals surface area contributed by atoms with E-state index in [9.17, 15) is 9.90 Å². The van der Waals surface area contributed by atoms with E-state index in [4.69, 9.17) is 0 Å². The number of nitrogens with one attached hydrogen (secondary N) is 2. The van der Waals surface area contributed by atoms with Crippen LogP contribution in [0, 0.1) is 0 Å². The van der Waals surface area contributed by atoms with Gasteiger partial charge in [-0.05, 0) is 45.3 Å². The van der Waals surface area contributed by atoms with E-state index in [0.29, 0.717) is 13.0 Å². The number of aliphatic hydroxyl groups excluding tert-OH is 1. The highest BCUT2D eigenvalue weighted by Gasteiger charge is 2.28. The fourth-order valence-electron chi connectivity index (χ4n) is 3.14. The number of benzene rings is 1. The normalized spacial score (nSPS) is 17.3. The third-order valence-electron chi connectivity index (χ3n) is 4.71. The minimum Gasteiger partial charge on any atom is -0.391 e. The van der Waals surface area contributed by atoms with Gasteiger partial charge in [0.05, 0.1) is 6.10 Å². The Morgan fingerprint density at radius 2 is 1.83 bits per heavy atom. The van der Waals surface area contributed by atoms with E-state index < -0.39 is 6.10 Å². The van der Waals surface area contributed by atoms with Crippen LogP contribution in [0.3, 0.4) is 0 Å². The Hall–Kier alpha value is -1.59. The Balaban J connectivity index is 1.67. The van der Waals surface area contributed by atoms with E-state index in [0.717, 1.165) is 18.7 Å². The zero-order valence-electron chi connectivity index (χ0n) is 14.9. The van der Waals surface area contributed by atoms with Gasteiger partial charge in [-0.15, -0.1) is 0 Å². The van der Waals surface area contributed by atoms with Gasteiger partial charge >= 0.3 is 6.03 Å². The van der Waals surface area contributed by atoms with E-state index in [1.165, 1.54) is 19.3 Å². The maximum absolute atomic E-state index is 12.0. The molecule has 0 spiro atoms. The quantitative estimate of drug-likeness (QED) is 0.716. The van der Waals surface area contributed by atoms with Crippen molar-refractivity contribution < 1.29 is 9.90 Å². The molecule has 1 unspecified atom stereocenters. The molecule has 1 aromatic carbocycles. The van der Waals surface area contributed by atoms with Gasteiger partial charge in [0, 0.05) is 25.0 Å². The molecule has 1 aromatic rings. The minimum absolute atomic E-state index is 0.0413. The van der Waals surface area contributed by atoms with Gasteiger partial charge in [0.15, 0.2) is 0 Å². The predicted octanol–water partition coefficient (Wildman–Crippen LogP) is 2.15. The zero-order chi connectivity index (χ0) is 17.4. The molecule has 24 heavy (non-hydrogen) atoms. The lowest BCUT2D eigenvalue weighted by Gasteiger charge is -2.41. The van der Waals surface area contributed by atoms with Crippen molar-refractivity contribution in [1.82, 2.24) is 15.5 Å². The molecule has 134 valence electrons. The number of hydrogen-bond donors (Lipinski definition) is 3. The molecule has 3 N–H and O–H groups in total. The summed E-state index contributed by atoms with van der Waals surface area (Å²) in [5, 5.41) is 15.7. The number of likely N-dealkylation sites (tertiary alicyclic amines) is 1. The maximum atomic E-state index is 12.0. The third kappa shape index (κ3) is 6.13. The number of piperidine rings is 1. The summed E-state index contributed by atoms with van der Waals surface area (Å²) in [6.45, 7) is 7.41. The van der Waals surface area contributed by atoms with E-state index in [1.54, 1.807) is 0 Å². The number of amides is 2. The molecule has 1 heterocycles. The summed E-state index contributed by atoms with van der Waals surface area (Å²) >= 11 is 0. The van der Waals surface area contributed by atoms with Crippen LogP contribution < -0.4 is 10.6 Å². The summed E-state index contributed by atoms with van der Waals surface area (Å²) < 4.78 is 0. The SMILES string of the molecule is CC(C)(CNC(=O)NCC(O)Cc1ccccc1)N1CCCCC1. The summed E-state index contributed by atoms with van der Waals surface area (Å²) in [7, 11) is 0. The molecule has 2 amide bonds. The van der Waals surface area contributed by atoms with Crippen LogP contribution in [0.1, 0.15) is 38.7 Å². The second-order valence-corrected chi connectivity index (χ2v) is 7.27. The van der Waals surface area contributed by atoms with Crippen molar-refractivity contribution in [2.45, 2.75) is 51.2 Å². The second kappa shape index (κ2) is 9.04. The number of carbonyl (C=O) groups is 1. The van der Waals surface area contributed by atoms with Crippen molar-refractivity contribution >= 4 is 6.03 Å². The number of rotatable bonds is 7. The summed E-state index contributed by atoms with van der Waals surface area (Å²) in [5.74, 6) is 0. The molecule has 0 saturated carbocycles. The molecular formula is C19H31N3O2. The molecule has 1 aliphatic heterocycles. The molecule has 0 aliphatic carbocycles. The highest BCUT2D eigenvalue weighted by atomic mass is 16.3. The van der Waals surface area contributed by atoms with Gasteiger partial charge in [-0.25, -0.2) is 4.79 Å². The van der Waals surface area contributed by atoms with Gasteiger partial charge < -0.3 is 15.7 Å². The van der Waals surface area contributed by atoms with Gasteiger partial charge in [-0.3, -0.25) is 4.90 Å². The Labute approximate surface area is 145 Å². The predicted molar refractivity (Wildman–Crippen MR) is 97.1 cm³/mol. The second-order valence-electron chi connectivity index (χ2n) is 7.27. The van der Waals surface area contributed by atoms with Gasteiger partial charge in [-0.1, -0.05) is 36.8 Å². The highest BCUT2D eigenvalue weighted by Crippen LogP contribution is 2.19. The fraction of sp³-hybridized carbons (Fsp3) is 0.632. The monoisotopic (exact) mass is 333 g/mol. The molecule has 1 saturated heterocycles. The van der Waals surface area contributed by atoms with Crippen LogP contribution in [0.15, 0.2) is 30.3 Å². The minimum atomic E-state index is -0.576. The first kappa shape index (κ1) is 18.7. The average Bonchev–Trinajstić information content (AvgIpc) is 2.60. The lowest BCUT2D eigenvalue weighted by atomic mass is 9.98. The van der Waals surface area contributed by atoms with Crippen molar-refractivity contribution in [3.05, 3.63) is 35.9 Å². The van der Waals surface area contributed by atoms with Crippen molar-refractivity contribution in [1.29, 1.82) is 0 Å². The number of carbonyl (C=O) groups excluding carboxylic acids is 1. The molecular weight excluding hydrogens is 302 g/mol. The average molecular weight is 333 g/mol. The first-order chi connectivity index (χ1) is 11.5. The standard InChI is InChI=1S/C19H31N3O2/c1-19(2,22-11-7-4-8-12-22)15-21-18(24)20-14-17(23)13-16-9-5-3-6-10-16/h3,5-6,9-10,17,23H,4,7-8,11-15H2,1-2H3,(H2,20,21,24). The Bertz CT molecular complexity index is 499. The topological polar surface area (TPSA) is 64.6 Å². The van der Waals surface area contributed by atoms with Gasteiger partial charge in [0.25, 0.3) is 0 Å². The fourth-order valence-corrected chi connectivity index (χ4v) is 3.14. The first-order valence-corrected chi connectivity index (χ1v) is 8.96. The number of urea groups is 1. The van der Waals surface area contributed by atoms with Gasteiger partial charge in [-0.2, -0.15) is 0 Å². The first-order valence-electron chi connectivity index (χ1n) is 8.96. The molecule has 1 aliphatic rings. The van der Waals surface area contributed by atoms with Crippen LogP contribution >= 0.6 is 0 Å². The molecule has 5 nitrogen and oxygen atoms in total. The maximum Gasteiger partial charge on any atom is 0.314 e. The number of hydrogen-bond acceptors (Lipinski definition) is 3. The lowest BCUT2D eigenvalue weighted by molar-refractivity contribution is 0.0957. The highest BCUT2D eigenvalue weighted by molar-refractivity contribution is 5.73. The molecule has 0 radical (unpaired) electrons. The van der Waals surface area contributed by atoms with E-state index in [2.05, 4.69) is 29.4 Å². The summed E-state index contributed by atoms with van der Waals surface area (Å²) in [5.41, 5.74) is 1.03. The van der Waals surface area contributed by atoms with Crippen LogP contribution in [-0.4, -0.2) is 53.9 Å². The van der Waals surface area contributed by atoms with Gasteiger partial charge in [0.1, 0.15) is 0 Å². The van der Waals surface area contributed by atoms with E-state index in [-0.39, 0.29) is 18.1 Å². The van der Waals surface area contributed by atoms with Crippen molar-refractivity contribution in [2.24, 2.45) is 0 Å². The van der Waals surface area contributed by atoms with Crippen LogP contribution in [0.25, 0.3) is 0 Å².